The lowest BCUT2D eigenvalue weighted by atomic mass is 10.2. The van der Waals surface area contributed by atoms with Crippen molar-refractivity contribution in [2.24, 2.45) is 0 Å². The molecule has 2 aromatic rings. The zero-order valence-electron chi connectivity index (χ0n) is 11.2. The number of aryl methyl sites for hydroxylation is 2. The standard InChI is InChI=1S/C13H14N2O2S2/c1-6-9(4)18-12-10(6)13(15-5-14-12)19-11(7(2)16)8(3)17/h5,11H,1-4H3. The van der Waals surface area contributed by atoms with E-state index in [-0.39, 0.29) is 11.6 Å². The smallest absolute Gasteiger partial charge is 0.150 e. The lowest BCUT2D eigenvalue weighted by Crippen LogP contribution is -2.22. The van der Waals surface area contributed by atoms with Crippen molar-refractivity contribution in [3.05, 3.63) is 16.8 Å². The second kappa shape index (κ2) is 5.38. The van der Waals surface area contributed by atoms with Gasteiger partial charge >= 0.3 is 0 Å². The van der Waals surface area contributed by atoms with Crippen molar-refractivity contribution in [3.63, 3.8) is 0 Å². The zero-order chi connectivity index (χ0) is 14.2. The van der Waals surface area contributed by atoms with Crippen molar-refractivity contribution >= 4 is 44.9 Å². The highest BCUT2D eigenvalue weighted by atomic mass is 32.2. The van der Waals surface area contributed by atoms with Gasteiger partial charge in [0.05, 0.1) is 0 Å². The molecule has 6 heteroatoms. The number of nitrogens with zero attached hydrogens (tertiary/aromatic N) is 2. The Hall–Kier alpha value is -1.27. The largest absolute Gasteiger partial charge is 0.298 e. The molecule has 4 nitrogen and oxygen atoms in total. The zero-order valence-corrected chi connectivity index (χ0v) is 12.8. The van der Waals surface area contributed by atoms with Crippen molar-refractivity contribution in [3.8, 4) is 0 Å². The van der Waals surface area contributed by atoms with E-state index >= 15 is 0 Å². The van der Waals surface area contributed by atoms with Crippen LogP contribution in [0.15, 0.2) is 11.4 Å². The number of thiophene rings is 1. The minimum atomic E-state index is -0.683. The Bertz CT molecular complexity index is 650. The van der Waals surface area contributed by atoms with Crippen molar-refractivity contribution < 1.29 is 9.59 Å². The fourth-order valence-corrected chi connectivity index (χ4v) is 3.90. The molecule has 0 saturated heterocycles. The van der Waals surface area contributed by atoms with Crippen LogP contribution in [0.5, 0.6) is 0 Å². The Balaban J connectivity index is 2.51. The number of Topliss-reactive ketones (excluding diaryl/α,β-unsaturated/α-hetero) is 2. The molecule has 0 saturated carbocycles. The molecule has 2 aromatic heterocycles. The molecule has 0 radical (unpaired) electrons. The number of ketones is 2. The van der Waals surface area contributed by atoms with Crippen LogP contribution in [0.4, 0.5) is 0 Å². The van der Waals surface area contributed by atoms with Crippen LogP contribution in [-0.4, -0.2) is 26.8 Å². The van der Waals surface area contributed by atoms with E-state index in [0.29, 0.717) is 5.03 Å². The predicted octanol–water partition coefficient (Wildman–Crippen LogP) is 2.95. The monoisotopic (exact) mass is 294 g/mol. The quantitative estimate of drug-likeness (QED) is 0.493. The van der Waals surface area contributed by atoms with Gasteiger partial charge in [0.2, 0.25) is 0 Å². The van der Waals surface area contributed by atoms with Crippen molar-refractivity contribution in [2.75, 3.05) is 0 Å². The van der Waals surface area contributed by atoms with Crippen molar-refractivity contribution in [2.45, 2.75) is 38.0 Å². The second-order valence-corrected chi connectivity index (χ2v) is 6.66. The number of aromatic nitrogens is 2. The van der Waals surface area contributed by atoms with E-state index < -0.39 is 5.25 Å². The number of hydrogen-bond donors (Lipinski definition) is 0. The van der Waals surface area contributed by atoms with Gasteiger partial charge in [-0.2, -0.15) is 0 Å². The van der Waals surface area contributed by atoms with Crippen LogP contribution in [0, 0.1) is 13.8 Å². The van der Waals surface area contributed by atoms with Crippen LogP contribution in [-0.2, 0) is 9.59 Å². The maximum absolute atomic E-state index is 11.5. The normalized spacial score (nSPS) is 11.2. The van der Waals surface area contributed by atoms with E-state index in [1.807, 2.05) is 13.8 Å². The van der Waals surface area contributed by atoms with E-state index in [2.05, 4.69) is 9.97 Å². The number of carbonyl (C=O) groups excluding carboxylic acids is 2. The SMILES string of the molecule is CC(=O)C(Sc1ncnc2sc(C)c(C)c12)C(C)=O. The molecule has 0 aliphatic rings. The summed E-state index contributed by atoms with van der Waals surface area (Å²) in [7, 11) is 0. The number of fused-ring (bicyclic) bond motifs is 1. The molecule has 19 heavy (non-hydrogen) atoms. The molecule has 0 fully saturated rings. The summed E-state index contributed by atoms with van der Waals surface area (Å²) in [4.78, 5) is 33.6. The first-order valence-electron chi connectivity index (χ1n) is 5.80. The third-order valence-electron chi connectivity index (χ3n) is 2.90. The van der Waals surface area contributed by atoms with Crippen LogP contribution in [0.3, 0.4) is 0 Å². The average Bonchev–Trinajstić information content (AvgIpc) is 2.62. The summed E-state index contributed by atoms with van der Waals surface area (Å²) in [5.74, 6) is -0.289. The van der Waals surface area contributed by atoms with Crippen molar-refractivity contribution in [1.29, 1.82) is 0 Å². The molecule has 0 bridgehead atoms. The molecule has 0 aromatic carbocycles. The van der Waals surface area contributed by atoms with Crippen LogP contribution >= 0.6 is 23.1 Å². The summed E-state index contributed by atoms with van der Waals surface area (Å²) in [6.45, 7) is 6.91. The van der Waals surface area contributed by atoms with Crippen LogP contribution < -0.4 is 0 Å². The van der Waals surface area contributed by atoms with Gasteiger partial charge in [-0.05, 0) is 33.3 Å². The Morgan fingerprint density at radius 3 is 2.42 bits per heavy atom. The maximum Gasteiger partial charge on any atom is 0.150 e. The number of thioether (sulfide) groups is 1. The van der Waals surface area contributed by atoms with Crippen LogP contribution in [0.25, 0.3) is 10.2 Å². The Morgan fingerprint density at radius 1 is 1.21 bits per heavy atom. The van der Waals surface area contributed by atoms with E-state index in [1.165, 1.54) is 36.8 Å². The molecule has 0 atom stereocenters. The molecular weight excluding hydrogens is 280 g/mol. The van der Waals surface area contributed by atoms with Gasteiger partial charge in [-0.25, -0.2) is 9.97 Å². The molecule has 0 spiro atoms. The molecule has 0 unspecified atom stereocenters. The first-order chi connectivity index (χ1) is 8.91. The van der Waals surface area contributed by atoms with E-state index in [9.17, 15) is 9.59 Å². The Morgan fingerprint density at radius 2 is 1.84 bits per heavy atom. The fraction of sp³-hybridized carbons (Fsp3) is 0.385. The Kier molecular flexibility index (Phi) is 4.01. The van der Waals surface area contributed by atoms with E-state index in [1.54, 1.807) is 11.3 Å². The van der Waals surface area contributed by atoms with Crippen LogP contribution in [0.2, 0.25) is 0 Å². The molecular formula is C13H14N2O2S2. The topological polar surface area (TPSA) is 59.9 Å². The summed E-state index contributed by atoms with van der Waals surface area (Å²) in [5.41, 5.74) is 1.12. The molecule has 2 rings (SSSR count). The van der Waals surface area contributed by atoms with Gasteiger partial charge in [0.15, 0.2) is 11.6 Å². The summed E-state index contributed by atoms with van der Waals surface area (Å²) in [5, 5.41) is 0.988. The predicted molar refractivity (Wildman–Crippen MR) is 77.9 cm³/mol. The minimum absolute atomic E-state index is 0.145. The Labute approximate surface area is 119 Å². The lowest BCUT2D eigenvalue weighted by molar-refractivity contribution is -0.123. The number of hydrogen-bond acceptors (Lipinski definition) is 6. The average molecular weight is 294 g/mol. The van der Waals surface area contributed by atoms with Gasteiger partial charge in [0.25, 0.3) is 0 Å². The summed E-state index contributed by atoms with van der Waals surface area (Å²) in [6, 6.07) is 0. The van der Waals surface area contributed by atoms with Gasteiger partial charge in [-0.3, -0.25) is 9.59 Å². The molecule has 2 heterocycles. The highest BCUT2D eigenvalue weighted by Gasteiger charge is 2.23. The minimum Gasteiger partial charge on any atom is -0.298 e. The third kappa shape index (κ3) is 2.69. The summed E-state index contributed by atoms with van der Waals surface area (Å²) >= 11 is 2.82. The van der Waals surface area contributed by atoms with Gasteiger partial charge < -0.3 is 0 Å². The van der Waals surface area contributed by atoms with Gasteiger partial charge in [-0.15, -0.1) is 11.3 Å². The summed E-state index contributed by atoms with van der Waals surface area (Å²) in [6.07, 6.45) is 1.48. The lowest BCUT2D eigenvalue weighted by Gasteiger charge is -2.10. The molecule has 0 amide bonds. The van der Waals surface area contributed by atoms with Crippen LogP contribution in [0.1, 0.15) is 24.3 Å². The number of carbonyl (C=O) groups is 2. The second-order valence-electron chi connectivity index (χ2n) is 4.36. The highest BCUT2D eigenvalue weighted by molar-refractivity contribution is 8.01. The van der Waals surface area contributed by atoms with E-state index in [4.69, 9.17) is 0 Å². The van der Waals surface area contributed by atoms with Crippen molar-refractivity contribution in [1.82, 2.24) is 9.97 Å². The summed E-state index contributed by atoms with van der Waals surface area (Å²) < 4.78 is 0. The molecule has 100 valence electrons. The first kappa shape index (κ1) is 14.1. The van der Waals surface area contributed by atoms with Gasteiger partial charge in [0.1, 0.15) is 21.4 Å². The molecule has 0 N–H and O–H groups in total. The van der Waals surface area contributed by atoms with Gasteiger partial charge in [0, 0.05) is 10.3 Å². The fourth-order valence-electron chi connectivity index (χ4n) is 1.80. The van der Waals surface area contributed by atoms with E-state index in [0.717, 1.165) is 15.8 Å². The van der Waals surface area contributed by atoms with Gasteiger partial charge in [-0.1, -0.05) is 11.8 Å². The first-order valence-corrected chi connectivity index (χ1v) is 7.49. The highest BCUT2D eigenvalue weighted by Crippen LogP contribution is 2.36. The molecule has 0 aliphatic heterocycles. The third-order valence-corrected chi connectivity index (χ3v) is 5.45. The number of rotatable bonds is 4. The molecule has 0 aliphatic carbocycles. The maximum atomic E-state index is 11.5.